The van der Waals surface area contributed by atoms with Crippen LogP contribution in [-0.2, 0) is 11.3 Å². The maximum atomic E-state index is 11.9. The van der Waals surface area contributed by atoms with Crippen LogP contribution in [0.2, 0.25) is 0 Å². The van der Waals surface area contributed by atoms with E-state index < -0.39 is 0 Å². The topological polar surface area (TPSA) is 59.6 Å². The molecular weight excluding hydrogens is 292 g/mol. The number of hydrogen-bond acceptors (Lipinski definition) is 4. The van der Waals surface area contributed by atoms with Gasteiger partial charge in [-0.1, -0.05) is 24.3 Å². The second-order valence-corrected chi connectivity index (χ2v) is 5.13. The Labute approximate surface area is 136 Å². The maximum Gasteiger partial charge on any atom is 0.239 e. The molecule has 5 nitrogen and oxygen atoms in total. The van der Waals surface area contributed by atoms with Gasteiger partial charge in [0.05, 0.1) is 20.8 Å². The van der Waals surface area contributed by atoms with E-state index in [0.29, 0.717) is 18.0 Å². The number of carbonyl (C=O) groups is 1. The van der Waals surface area contributed by atoms with Crippen LogP contribution in [0.4, 0.5) is 5.69 Å². The summed E-state index contributed by atoms with van der Waals surface area (Å²) >= 11 is 0. The van der Waals surface area contributed by atoms with Crippen LogP contribution in [0.15, 0.2) is 42.5 Å². The molecule has 0 aliphatic heterocycles. The zero-order valence-corrected chi connectivity index (χ0v) is 13.7. The van der Waals surface area contributed by atoms with Crippen molar-refractivity contribution in [2.24, 2.45) is 0 Å². The molecule has 2 rings (SSSR count). The van der Waals surface area contributed by atoms with Gasteiger partial charge < -0.3 is 20.1 Å². The standard InChI is InChI=1S/C18H22N2O3/c1-13-6-4-5-7-15(13)19-12-18(21)20-11-14-8-9-16(22-2)17(10-14)23-3/h4-10,19H,11-12H2,1-3H3,(H,20,21). The SMILES string of the molecule is COc1ccc(CNC(=O)CNc2ccccc2C)cc1OC. The number of amides is 1. The Kier molecular flexibility index (Phi) is 5.86. The van der Waals surface area contributed by atoms with E-state index in [-0.39, 0.29) is 12.5 Å². The highest BCUT2D eigenvalue weighted by Crippen LogP contribution is 2.27. The van der Waals surface area contributed by atoms with Crippen LogP contribution >= 0.6 is 0 Å². The van der Waals surface area contributed by atoms with E-state index in [1.54, 1.807) is 14.2 Å². The highest BCUT2D eigenvalue weighted by molar-refractivity contribution is 5.80. The zero-order valence-electron chi connectivity index (χ0n) is 13.7. The summed E-state index contributed by atoms with van der Waals surface area (Å²) in [7, 11) is 3.18. The van der Waals surface area contributed by atoms with Crippen molar-refractivity contribution in [2.45, 2.75) is 13.5 Å². The van der Waals surface area contributed by atoms with Gasteiger partial charge >= 0.3 is 0 Å². The molecule has 0 atom stereocenters. The van der Waals surface area contributed by atoms with Gasteiger partial charge in [-0.3, -0.25) is 4.79 Å². The number of anilines is 1. The van der Waals surface area contributed by atoms with Crippen LogP contribution in [0.5, 0.6) is 11.5 Å². The van der Waals surface area contributed by atoms with Crippen LogP contribution in [0.1, 0.15) is 11.1 Å². The molecule has 5 heteroatoms. The molecule has 0 aliphatic rings. The monoisotopic (exact) mass is 314 g/mol. The van der Waals surface area contributed by atoms with Gasteiger partial charge in [0.25, 0.3) is 0 Å². The minimum atomic E-state index is -0.0666. The molecule has 0 heterocycles. The fourth-order valence-electron chi connectivity index (χ4n) is 2.20. The molecule has 0 radical (unpaired) electrons. The molecule has 1 amide bonds. The molecule has 0 bridgehead atoms. The first-order valence-electron chi connectivity index (χ1n) is 7.41. The summed E-state index contributed by atoms with van der Waals surface area (Å²) in [5.41, 5.74) is 3.03. The van der Waals surface area contributed by atoms with Crippen LogP contribution in [0.25, 0.3) is 0 Å². The number of nitrogens with one attached hydrogen (secondary N) is 2. The van der Waals surface area contributed by atoms with Crippen molar-refractivity contribution in [3.05, 3.63) is 53.6 Å². The average Bonchev–Trinajstić information content (AvgIpc) is 2.58. The number of para-hydroxylation sites is 1. The smallest absolute Gasteiger partial charge is 0.239 e. The molecule has 0 spiro atoms. The average molecular weight is 314 g/mol. The van der Waals surface area contributed by atoms with Crippen LogP contribution < -0.4 is 20.1 Å². The highest BCUT2D eigenvalue weighted by Gasteiger charge is 2.06. The van der Waals surface area contributed by atoms with Crippen molar-refractivity contribution in [3.8, 4) is 11.5 Å². The second-order valence-electron chi connectivity index (χ2n) is 5.13. The van der Waals surface area contributed by atoms with Gasteiger partial charge in [-0.2, -0.15) is 0 Å². The zero-order chi connectivity index (χ0) is 16.7. The van der Waals surface area contributed by atoms with Gasteiger partial charge in [-0.05, 0) is 36.2 Å². The van der Waals surface area contributed by atoms with Crippen molar-refractivity contribution in [1.82, 2.24) is 5.32 Å². The lowest BCUT2D eigenvalue weighted by Crippen LogP contribution is -2.29. The second kappa shape index (κ2) is 8.08. The van der Waals surface area contributed by atoms with Crippen molar-refractivity contribution in [3.63, 3.8) is 0 Å². The molecule has 0 fully saturated rings. The Morgan fingerprint density at radius 3 is 2.48 bits per heavy atom. The summed E-state index contributed by atoms with van der Waals surface area (Å²) in [4.78, 5) is 11.9. The predicted octanol–water partition coefficient (Wildman–Crippen LogP) is 2.74. The highest BCUT2D eigenvalue weighted by atomic mass is 16.5. The van der Waals surface area contributed by atoms with Crippen molar-refractivity contribution < 1.29 is 14.3 Å². The number of aryl methyl sites for hydroxylation is 1. The fourth-order valence-corrected chi connectivity index (χ4v) is 2.20. The molecule has 0 saturated heterocycles. The minimum absolute atomic E-state index is 0.0666. The molecule has 122 valence electrons. The van der Waals surface area contributed by atoms with E-state index in [9.17, 15) is 4.79 Å². The number of rotatable bonds is 7. The van der Waals surface area contributed by atoms with Gasteiger partial charge in [0, 0.05) is 12.2 Å². The van der Waals surface area contributed by atoms with Gasteiger partial charge in [0.2, 0.25) is 5.91 Å². The lowest BCUT2D eigenvalue weighted by atomic mass is 10.2. The lowest BCUT2D eigenvalue weighted by molar-refractivity contribution is -0.119. The van der Waals surface area contributed by atoms with E-state index in [1.165, 1.54) is 0 Å². The van der Waals surface area contributed by atoms with E-state index in [1.807, 2.05) is 49.4 Å². The Balaban J connectivity index is 1.86. The molecular formula is C18H22N2O3. The van der Waals surface area contributed by atoms with Crippen molar-refractivity contribution in [2.75, 3.05) is 26.1 Å². The molecule has 2 aromatic rings. The first kappa shape index (κ1) is 16.7. The molecule has 23 heavy (non-hydrogen) atoms. The molecule has 2 N–H and O–H groups in total. The third-order valence-electron chi connectivity index (χ3n) is 3.52. The predicted molar refractivity (Wildman–Crippen MR) is 91.1 cm³/mol. The van der Waals surface area contributed by atoms with E-state index in [0.717, 1.165) is 16.8 Å². The summed E-state index contributed by atoms with van der Waals surface area (Å²) in [5.74, 6) is 1.25. The van der Waals surface area contributed by atoms with Gasteiger partial charge in [0.15, 0.2) is 11.5 Å². The Morgan fingerprint density at radius 1 is 1.04 bits per heavy atom. The summed E-state index contributed by atoms with van der Waals surface area (Å²) in [6, 6.07) is 13.4. The number of methoxy groups -OCH3 is 2. The van der Waals surface area contributed by atoms with Crippen molar-refractivity contribution >= 4 is 11.6 Å². The lowest BCUT2D eigenvalue weighted by Gasteiger charge is -2.11. The summed E-state index contributed by atoms with van der Waals surface area (Å²) < 4.78 is 10.4. The number of ether oxygens (including phenoxy) is 2. The summed E-state index contributed by atoms with van der Waals surface area (Å²) in [6.07, 6.45) is 0. The Morgan fingerprint density at radius 2 is 1.78 bits per heavy atom. The van der Waals surface area contributed by atoms with Gasteiger partial charge in [-0.15, -0.1) is 0 Å². The quantitative estimate of drug-likeness (QED) is 0.825. The molecule has 2 aromatic carbocycles. The van der Waals surface area contributed by atoms with E-state index in [4.69, 9.17) is 9.47 Å². The minimum Gasteiger partial charge on any atom is -0.493 e. The number of carbonyl (C=O) groups excluding carboxylic acids is 1. The molecule has 0 aromatic heterocycles. The summed E-state index contributed by atoms with van der Waals surface area (Å²) in [6.45, 7) is 2.68. The van der Waals surface area contributed by atoms with Gasteiger partial charge in [0.1, 0.15) is 0 Å². The fraction of sp³-hybridized carbons (Fsp3) is 0.278. The molecule has 0 unspecified atom stereocenters. The largest absolute Gasteiger partial charge is 0.493 e. The Hall–Kier alpha value is -2.69. The number of hydrogen-bond donors (Lipinski definition) is 2. The van der Waals surface area contributed by atoms with E-state index in [2.05, 4.69) is 10.6 Å². The third-order valence-corrected chi connectivity index (χ3v) is 3.52. The van der Waals surface area contributed by atoms with Crippen molar-refractivity contribution in [1.29, 1.82) is 0 Å². The van der Waals surface area contributed by atoms with Crippen LogP contribution in [-0.4, -0.2) is 26.7 Å². The summed E-state index contributed by atoms with van der Waals surface area (Å²) in [5, 5.41) is 6.01. The first-order valence-corrected chi connectivity index (χ1v) is 7.41. The molecule has 0 aliphatic carbocycles. The maximum absolute atomic E-state index is 11.9. The number of benzene rings is 2. The van der Waals surface area contributed by atoms with Gasteiger partial charge in [-0.25, -0.2) is 0 Å². The van der Waals surface area contributed by atoms with Crippen LogP contribution in [0, 0.1) is 6.92 Å². The van der Waals surface area contributed by atoms with E-state index >= 15 is 0 Å². The first-order chi connectivity index (χ1) is 11.1. The molecule has 0 saturated carbocycles. The Bertz CT molecular complexity index is 671. The third kappa shape index (κ3) is 4.64. The normalized spacial score (nSPS) is 10.0. The van der Waals surface area contributed by atoms with Crippen LogP contribution in [0.3, 0.4) is 0 Å².